The van der Waals surface area contributed by atoms with Gasteiger partial charge in [-0.25, -0.2) is 13.2 Å². The molecule has 0 bridgehead atoms. The molecule has 0 aromatic heterocycles. The number of hydrogen-bond acceptors (Lipinski definition) is 0. The van der Waals surface area contributed by atoms with Gasteiger partial charge in [-0.15, -0.1) is 0 Å². The summed E-state index contributed by atoms with van der Waals surface area (Å²) >= 11 is 1.51. The summed E-state index contributed by atoms with van der Waals surface area (Å²) < 4.78 is 57.8. The molecule has 0 heterocycles. The van der Waals surface area contributed by atoms with Crippen molar-refractivity contribution in [1.29, 1.82) is 0 Å². The van der Waals surface area contributed by atoms with Crippen molar-refractivity contribution in [3.63, 3.8) is 0 Å². The Labute approximate surface area is 61.8 Å². The van der Waals surface area contributed by atoms with E-state index >= 15 is 0 Å². The van der Waals surface area contributed by atoms with Crippen molar-refractivity contribution >= 4 is 15.9 Å². The molecule has 0 saturated heterocycles. The van der Waals surface area contributed by atoms with Crippen LogP contribution in [0, 0.1) is 0 Å². The van der Waals surface area contributed by atoms with E-state index in [0.29, 0.717) is 0 Å². The van der Waals surface area contributed by atoms with E-state index in [4.69, 9.17) is 0 Å². The SMILES string of the molecule is FC/C(F)=C(/F)C(F)(F)Br. The lowest BCUT2D eigenvalue weighted by Gasteiger charge is -2.03. The van der Waals surface area contributed by atoms with Gasteiger partial charge in [-0.3, -0.25) is 0 Å². The molecule has 60 valence electrons. The molecule has 0 atom stereocenters. The van der Waals surface area contributed by atoms with E-state index in [1.807, 2.05) is 0 Å². The number of hydrogen-bond donors (Lipinski definition) is 0. The van der Waals surface area contributed by atoms with Gasteiger partial charge in [0.1, 0.15) is 6.67 Å². The normalized spacial score (nSPS) is 15.0. The maximum Gasteiger partial charge on any atom is 0.354 e. The number of allylic oxidation sites excluding steroid dienone is 2. The van der Waals surface area contributed by atoms with Gasteiger partial charge in [0.25, 0.3) is 0 Å². The van der Waals surface area contributed by atoms with Crippen molar-refractivity contribution < 1.29 is 22.0 Å². The van der Waals surface area contributed by atoms with Crippen LogP contribution in [0.5, 0.6) is 0 Å². The van der Waals surface area contributed by atoms with Gasteiger partial charge in [0.05, 0.1) is 0 Å². The molecule has 0 aliphatic heterocycles. The molecule has 0 radical (unpaired) electrons. The average Bonchev–Trinajstić information content (AvgIpc) is 1.83. The molecule has 0 aliphatic rings. The number of alkyl halides is 4. The Balaban J connectivity index is 4.47. The molecular weight excluding hydrogens is 223 g/mol. The van der Waals surface area contributed by atoms with Crippen LogP contribution in [-0.2, 0) is 0 Å². The molecule has 10 heavy (non-hydrogen) atoms. The van der Waals surface area contributed by atoms with Crippen LogP contribution in [0.3, 0.4) is 0 Å². The molecule has 0 aromatic rings. The lowest BCUT2D eigenvalue weighted by atomic mass is 10.5. The van der Waals surface area contributed by atoms with E-state index in [2.05, 4.69) is 0 Å². The second kappa shape index (κ2) is 3.32. The van der Waals surface area contributed by atoms with Crippen molar-refractivity contribution in [3.05, 3.63) is 11.7 Å². The molecule has 0 unspecified atom stereocenters. The molecule has 0 aliphatic carbocycles. The molecule has 0 rings (SSSR count). The Hall–Kier alpha value is -0.130. The van der Waals surface area contributed by atoms with Crippen LogP contribution >= 0.6 is 15.9 Å². The van der Waals surface area contributed by atoms with Crippen molar-refractivity contribution in [2.75, 3.05) is 6.67 Å². The fraction of sp³-hybridized carbons (Fsp3) is 0.500. The molecule has 0 N–H and O–H groups in total. The van der Waals surface area contributed by atoms with Gasteiger partial charge >= 0.3 is 4.83 Å². The quantitative estimate of drug-likeness (QED) is 0.500. The smallest absolute Gasteiger partial charge is 0.243 e. The summed E-state index contributed by atoms with van der Waals surface area (Å²) in [5, 5.41) is 0. The van der Waals surface area contributed by atoms with Crippen LogP contribution < -0.4 is 0 Å². The van der Waals surface area contributed by atoms with Crippen LogP contribution in [0.15, 0.2) is 11.7 Å². The predicted octanol–water partition coefficient (Wildman–Crippen LogP) is 3.09. The first kappa shape index (κ1) is 9.87. The zero-order valence-electron chi connectivity index (χ0n) is 4.47. The summed E-state index contributed by atoms with van der Waals surface area (Å²) in [6, 6.07) is 0. The lowest BCUT2D eigenvalue weighted by molar-refractivity contribution is 0.120. The monoisotopic (exact) mass is 224 g/mol. The number of halogens is 6. The van der Waals surface area contributed by atoms with E-state index < -0.39 is 23.2 Å². The number of rotatable bonds is 2. The van der Waals surface area contributed by atoms with Crippen molar-refractivity contribution in [1.82, 2.24) is 0 Å². The van der Waals surface area contributed by atoms with E-state index in [1.165, 1.54) is 15.9 Å². The van der Waals surface area contributed by atoms with Crippen LogP contribution in [0.25, 0.3) is 0 Å². The van der Waals surface area contributed by atoms with Crippen LogP contribution in [-0.4, -0.2) is 11.5 Å². The third-order valence-electron chi connectivity index (χ3n) is 0.604. The van der Waals surface area contributed by atoms with Crippen LogP contribution in [0.1, 0.15) is 0 Å². The molecule has 6 heteroatoms. The van der Waals surface area contributed by atoms with E-state index in [0.717, 1.165) is 0 Å². The maximum absolute atomic E-state index is 11.8. The zero-order valence-corrected chi connectivity index (χ0v) is 6.06. The van der Waals surface area contributed by atoms with E-state index in [-0.39, 0.29) is 0 Å². The van der Waals surface area contributed by atoms with Gasteiger partial charge in [0.15, 0.2) is 5.83 Å². The summed E-state index contributed by atoms with van der Waals surface area (Å²) in [5.74, 6) is -4.52. The fourth-order valence-electron chi connectivity index (χ4n) is 0.212. The van der Waals surface area contributed by atoms with Gasteiger partial charge in [0.2, 0.25) is 5.83 Å². The minimum Gasteiger partial charge on any atom is -0.243 e. The molecule has 0 amide bonds. The van der Waals surface area contributed by atoms with E-state index in [9.17, 15) is 22.0 Å². The Morgan fingerprint density at radius 3 is 1.80 bits per heavy atom. The fourth-order valence-corrected chi connectivity index (χ4v) is 0.428. The molecule has 0 aromatic carbocycles. The summed E-state index contributed by atoms with van der Waals surface area (Å²) in [5.41, 5.74) is 0. The Kier molecular flexibility index (Phi) is 3.27. The standard InChI is InChI=1S/C4H2BrF5/c5-4(9,10)3(8)2(7)1-6/h1H2/b3-2-. The largest absolute Gasteiger partial charge is 0.354 e. The topological polar surface area (TPSA) is 0 Å². The molecule has 0 saturated carbocycles. The first-order valence-corrected chi connectivity index (χ1v) is 2.86. The van der Waals surface area contributed by atoms with Crippen LogP contribution in [0.4, 0.5) is 22.0 Å². The third-order valence-corrected chi connectivity index (χ3v) is 0.952. The molecular formula is C4H2BrF5. The molecule has 0 fully saturated rings. The highest BCUT2D eigenvalue weighted by Gasteiger charge is 2.34. The highest BCUT2D eigenvalue weighted by atomic mass is 79.9. The zero-order chi connectivity index (χ0) is 8.36. The van der Waals surface area contributed by atoms with Gasteiger partial charge in [-0.05, 0) is 15.9 Å². The molecule has 0 spiro atoms. The Morgan fingerprint density at radius 2 is 1.70 bits per heavy atom. The first-order chi connectivity index (χ1) is 4.39. The summed E-state index contributed by atoms with van der Waals surface area (Å²) in [6.07, 6.45) is 0. The summed E-state index contributed by atoms with van der Waals surface area (Å²) in [6.45, 7) is -1.87. The Bertz CT molecular complexity index is 146. The van der Waals surface area contributed by atoms with Gasteiger partial charge in [-0.1, -0.05) is 0 Å². The third kappa shape index (κ3) is 2.64. The summed E-state index contributed by atoms with van der Waals surface area (Å²) in [4.78, 5) is -4.11. The highest BCUT2D eigenvalue weighted by Crippen LogP contribution is 2.34. The van der Waals surface area contributed by atoms with Crippen molar-refractivity contribution in [2.24, 2.45) is 0 Å². The maximum atomic E-state index is 11.8. The molecule has 0 nitrogen and oxygen atoms in total. The van der Waals surface area contributed by atoms with Gasteiger partial charge < -0.3 is 0 Å². The summed E-state index contributed by atoms with van der Waals surface area (Å²) in [7, 11) is 0. The second-order valence-electron chi connectivity index (χ2n) is 1.35. The first-order valence-electron chi connectivity index (χ1n) is 2.07. The minimum absolute atomic E-state index is 1.51. The average molecular weight is 225 g/mol. The van der Waals surface area contributed by atoms with Gasteiger partial charge in [0, 0.05) is 0 Å². The van der Waals surface area contributed by atoms with Crippen molar-refractivity contribution in [2.45, 2.75) is 4.83 Å². The highest BCUT2D eigenvalue weighted by molar-refractivity contribution is 9.10. The van der Waals surface area contributed by atoms with Crippen molar-refractivity contribution in [3.8, 4) is 0 Å². The Morgan fingerprint density at radius 1 is 1.30 bits per heavy atom. The van der Waals surface area contributed by atoms with E-state index in [1.54, 1.807) is 0 Å². The van der Waals surface area contributed by atoms with Crippen LogP contribution in [0.2, 0.25) is 0 Å². The minimum atomic E-state index is -4.11. The lowest BCUT2D eigenvalue weighted by Crippen LogP contribution is -2.07. The second-order valence-corrected chi connectivity index (χ2v) is 2.35. The van der Waals surface area contributed by atoms with Gasteiger partial charge in [-0.2, -0.15) is 8.78 Å². The predicted molar refractivity (Wildman–Crippen MR) is 29.1 cm³/mol.